The van der Waals surface area contributed by atoms with Crippen molar-refractivity contribution < 1.29 is 22.4 Å². The molecule has 2 aromatic rings. The highest BCUT2D eigenvalue weighted by Gasteiger charge is 2.31. The molecule has 19 heavy (non-hydrogen) atoms. The molecule has 0 fully saturated rings. The van der Waals surface area contributed by atoms with Crippen LogP contribution in [-0.2, 0) is 6.18 Å². The van der Waals surface area contributed by atoms with Gasteiger partial charge in [-0.3, -0.25) is 4.79 Å². The summed E-state index contributed by atoms with van der Waals surface area (Å²) in [6.07, 6.45) is -3.18. The first kappa shape index (κ1) is 13.7. The molecule has 1 aromatic heterocycles. The Hall–Kier alpha value is -1.76. The van der Waals surface area contributed by atoms with E-state index in [1.807, 2.05) is 0 Å². The Kier molecular flexibility index (Phi) is 3.66. The summed E-state index contributed by atoms with van der Waals surface area (Å²) < 4.78 is 42.9. The second-order valence-electron chi connectivity index (χ2n) is 3.66. The third kappa shape index (κ3) is 3.37. The van der Waals surface area contributed by atoms with Crippen molar-refractivity contribution in [2.45, 2.75) is 6.18 Å². The van der Waals surface area contributed by atoms with Crippen molar-refractivity contribution in [3.63, 3.8) is 0 Å². The summed E-state index contributed by atoms with van der Waals surface area (Å²) in [7, 11) is 0. The maximum Gasteiger partial charge on any atom is 0.416 e. The summed E-state index contributed by atoms with van der Waals surface area (Å²) >= 11 is 2.97. The van der Waals surface area contributed by atoms with E-state index < -0.39 is 17.6 Å². The Labute approximate surface area is 114 Å². The number of halogens is 4. The minimum Gasteiger partial charge on any atom is -0.459 e. The highest BCUT2D eigenvalue weighted by Crippen LogP contribution is 2.33. The molecule has 0 saturated heterocycles. The van der Waals surface area contributed by atoms with E-state index in [1.165, 1.54) is 24.5 Å². The van der Waals surface area contributed by atoms with E-state index in [9.17, 15) is 18.0 Å². The summed E-state index contributed by atoms with van der Waals surface area (Å²) in [6, 6.07) is 6.08. The van der Waals surface area contributed by atoms with Gasteiger partial charge in [0.25, 0.3) is 5.91 Å². The molecular formula is C12H7BrF3NO2. The van der Waals surface area contributed by atoms with Crippen molar-refractivity contribution in [2.75, 3.05) is 5.32 Å². The Morgan fingerprint density at radius 3 is 2.58 bits per heavy atom. The van der Waals surface area contributed by atoms with Gasteiger partial charge in [-0.05, 0) is 30.3 Å². The fourth-order valence-electron chi connectivity index (χ4n) is 1.43. The van der Waals surface area contributed by atoms with Crippen molar-refractivity contribution in [3.8, 4) is 0 Å². The lowest BCUT2D eigenvalue weighted by molar-refractivity contribution is -0.137. The van der Waals surface area contributed by atoms with Crippen LogP contribution in [0.3, 0.4) is 0 Å². The molecule has 0 saturated carbocycles. The number of hydrogen-bond donors (Lipinski definition) is 1. The first-order valence-corrected chi connectivity index (χ1v) is 5.88. The molecule has 3 nitrogen and oxygen atoms in total. The number of alkyl halides is 3. The zero-order valence-electron chi connectivity index (χ0n) is 9.29. The lowest BCUT2D eigenvalue weighted by Crippen LogP contribution is -2.12. The quantitative estimate of drug-likeness (QED) is 0.889. The van der Waals surface area contributed by atoms with Crippen LogP contribution < -0.4 is 5.32 Å². The van der Waals surface area contributed by atoms with Crippen LogP contribution in [0.1, 0.15) is 16.1 Å². The van der Waals surface area contributed by atoms with E-state index in [4.69, 9.17) is 4.42 Å². The first-order valence-electron chi connectivity index (χ1n) is 5.09. The maximum atomic E-state index is 12.6. The first-order chi connectivity index (χ1) is 8.86. The number of rotatable bonds is 2. The number of furan rings is 1. The van der Waals surface area contributed by atoms with Gasteiger partial charge in [0.2, 0.25) is 0 Å². The minimum atomic E-state index is -4.48. The molecular weight excluding hydrogens is 327 g/mol. The van der Waals surface area contributed by atoms with Crippen LogP contribution in [-0.4, -0.2) is 5.91 Å². The van der Waals surface area contributed by atoms with Crippen LogP contribution in [0, 0.1) is 0 Å². The molecule has 1 amide bonds. The normalized spacial score (nSPS) is 11.4. The predicted molar refractivity (Wildman–Crippen MR) is 65.8 cm³/mol. The van der Waals surface area contributed by atoms with E-state index in [2.05, 4.69) is 21.2 Å². The predicted octanol–water partition coefficient (Wildman–Crippen LogP) is 4.31. The summed E-state index contributed by atoms with van der Waals surface area (Å²) in [5.74, 6) is -0.593. The molecule has 1 aromatic carbocycles. The zero-order chi connectivity index (χ0) is 14.0. The molecule has 1 N–H and O–H groups in total. The molecule has 0 spiro atoms. The topological polar surface area (TPSA) is 42.2 Å². The van der Waals surface area contributed by atoms with E-state index in [1.54, 1.807) is 0 Å². The molecule has 0 radical (unpaired) electrons. The smallest absolute Gasteiger partial charge is 0.416 e. The Bertz CT molecular complexity index is 594. The molecule has 0 atom stereocenters. The van der Waals surface area contributed by atoms with Crippen LogP contribution >= 0.6 is 15.9 Å². The van der Waals surface area contributed by atoms with Crippen molar-refractivity contribution in [1.29, 1.82) is 0 Å². The van der Waals surface area contributed by atoms with Crippen LogP contribution in [0.4, 0.5) is 18.9 Å². The Balaban J connectivity index is 2.26. The van der Waals surface area contributed by atoms with Gasteiger partial charge in [-0.1, -0.05) is 15.9 Å². The summed E-state index contributed by atoms with van der Waals surface area (Å²) in [4.78, 5) is 11.6. The van der Waals surface area contributed by atoms with Crippen molar-refractivity contribution in [2.24, 2.45) is 0 Å². The molecule has 0 bridgehead atoms. The Morgan fingerprint density at radius 2 is 2.00 bits per heavy atom. The second-order valence-corrected chi connectivity index (χ2v) is 4.57. The van der Waals surface area contributed by atoms with E-state index in [-0.39, 0.29) is 15.9 Å². The van der Waals surface area contributed by atoms with Gasteiger partial charge in [-0.15, -0.1) is 0 Å². The molecule has 100 valence electrons. The Morgan fingerprint density at radius 1 is 1.26 bits per heavy atom. The number of carbonyl (C=O) groups is 1. The van der Waals surface area contributed by atoms with E-state index >= 15 is 0 Å². The van der Waals surface area contributed by atoms with Gasteiger partial charge in [0, 0.05) is 10.2 Å². The van der Waals surface area contributed by atoms with Crippen molar-refractivity contribution in [3.05, 3.63) is 52.4 Å². The SMILES string of the molecule is O=C(Nc1cc(Br)cc(C(F)(F)F)c1)c1ccco1. The number of carbonyl (C=O) groups excluding carboxylic acids is 1. The van der Waals surface area contributed by atoms with Gasteiger partial charge in [0.1, 0.15) is 0 Å². The average Bonchev–Trinajstić information content (AvgIpc) is 2.80. The molecule has 0 aliphatic carbocycles. The molecule has 0 unspecified atom stereocenters. The largest absolute Gasteiger partial charge is 0.459 e. The third-order valence-electron chi connectivity index (χ3n) is 2.23. The lowest BCUT2D eigenvalue weighted by atomic mass is 10.2. The fourth-order valence-corrected chi connectivity index (χ4v) is 1.92. The lowest BCUT2D eigenvalue weighted by Gasteiger charge is -2.10. The highest BCUT2D eigenvalue weighted by molar-refractivity contribution is 9.10. The van der Waals surface area contributed by atoms with Gasteiger partial charge >= 0.3 is 6.18 Å². The third-order valence-corrected chi connectivity index (χ3v) is 2.69. The molecule has 0 aliphatic rings. The standard InChI is InChI=1S/C12H7BrF3NO2/c13-8-4-7(12(14,15)16)5-9(6-8)17-11(18)10-2-1-3-19-10/h1-6H,(H,17,18). The van der Waals surface area contributed by atoms with Crippen LogP contribution in [0.5, 0.6) is 0 Å². The fraction of sp³-hybridized carbons (Fsp3) is 0.0833. The highest BCUT2D eigenvalue weighted by atomic mass is 79.9. The monoisotopic (exact) mass is 333 g/mol. The number of anilines is 1. The average molecular weight is 334 g/mol. The molecule has 1 heterocycles. The molecule has 0 aliphatic heterocycles. The zero-order valence-corrected chi connectivity index (χ0v) is 10.9. The van der Waals surface area contributed by atoms with Crippen LogP contribution in [0.15, 0.2) is 45.5 Å². The maximum absolute atomic E-state index is 12.6. The van der Waals surface area contributed by atoms with Gasteiger partial charge in [0.15, 0.2) is 5.76 Å². The van der Waals surface area contributed by atoms with Gasteiger partial charge < -0.3 is 9.73 Å². The minimum absolute atomic E-state index is 0.0218. The molecule has 2 rings (SSSR count). The van der Waals surface area contributed by atoms with E-state index in [0.29, 0.717) is 0 Å². The summed E-state index contributed by atoms with van der Waals surface area (Å²) in [5.41, 5.74) is -0.820. The number of nitrogens with one attached hydrogen (secondary N) is 1. The van der Waals surface area contributed by atoms with Gasteiger partial charge in [-0.2, -0.15) is 13.2 Å². The van der Waals surface area contributed by atoms with Crippen molar-refractivity contribution >= 4 is 27.5 Å². The van der Waals surface area contributed by atoms with Crippen LogP contribution in [0.2, 0.25) is 0 Å². The number of benzene rings is 1. The summed E-state index contributed by atoms with van der Waals surface area (Å²) in [6.45, 7) is 0. The number of hydrogen-bond acceptors (Lipinski definition) is 2. The molecule has 7 heteroatoms. The van der Waals surface area contributed by atoms with Crippen molar-refractivity contribution in [1.82, 2.24) is 0 Å². The number of amides is 1. The van der Waals surface area contributed by atoms with E-state index in [0.717, 1.165) is 12.1 Å². The summed E-state index contributed by atoms with van der Waals surface area (Å²) in [5, 5.41) is 2.33. The van der Waals surface area contributed by atoms with Gasteiger partial charge in [-0.25, -0.2) is 0 Å². The second kappa shape index (κ2) is 5.08. The van der Waals surface area contributed by atoms with Gasteiger partial charge in [0.05, 0.1) is 11.8 Å². The van der Waals surface area contributed by atoms with Crippen LogP contribution in [0.25, 0.3) is 0 Å².